The van der Waals surface area contributed by atoms with E-state index >= 15 is 0 Å². The molecule has 1 aromatic heterocycles. The van der Waals surface area contributed by atoms with Gasteiger partial charge in [-0.15, -0.1) is 10.2 Å². The van der Waals surface area contributed by atoms with Crippen molar-refractivity contribution in [3.63, 3.8) is 0 Å². The van der Waals surface area contributed by atoms with Gasteiger partial charge in [-0.2, -0.15) is 0 Å². The number of hydrogen-bond donors (Lipinski definition) is 1. The van der Waals surface area contributed by atoms with E-state index in [0.29, 0.717) is 30.3 Å². The van der Waals surface area contributed by atoms with Crippen LogP contribution in [-0.2, 0) is 11.3 Å². The molecule has 4 rings (SSSR count). The molecule has 172 valence electrons. The predicted molar refractivity (Wildman–Crippen MR) is 124 cm³/mol. The van der Waals surface area contributed by atoms with Gasteiger partial charge >= 0.3 is 0 Å². The summed E-state index contributed by atoms with van der Waals surface area (Å²) in [6, 6.07) is 15.5. The molecule has 1 N–H and O–H groups in total. The third kappa shape index (κ3) is 5.39. The fraction of sp³-hybridized carbons (Fsp3) is 0.320. The third-order valence-electron chi connectivity index (χ3n) is 5.85. The highest BCUT2D eigenvalue weighted by Crippen LogP contribution is 2.26. The van der Waals surface area contributed by atoms with Gasteiger partial charge in [0.05, 0.1) is 25.8 Å². The zero-order valence-corrected chi connectivity index (χ0v) is 18.8. The van der Waals surface area contributed by atoms with Crippen molar-refractivity contribution < 1.29 is 18.7 Å². The molecule has 1 aliphatic rings. The molecule has 1 fully saturated rings. The predicted octanol–water partition coefficient (Wildman–Crippen LogP) is 3.83. The van der Waals surface area contributed by atoms with E-state index in [4.69, 9.17) is 9.47 Å². The number of rotatable bonds is 7. The lowest BCUT2D eigenvalue weighted by molar-refractivity contribution is -0.125. The van der Waals surface area contributed by atoms with E-state index in [1.54, 1.807) is 32.4 Å². The molecule has 1 aliphatic heterocycles. The molecular weight excluding hydrogens is 423 g/mol. The van der Waals surface area contributed by atoms with Gasteiger partial charge in [-0.05, 0) is 61.4 Å². The molecule has 8 heteroatoms. The van der Waals surface area contributed by atoms with Crippen LogP contribution in [-0.4, -0.2) is 43.4 Å². The average Bonchev–Trinajstić information content (AvgIpc) is 2.87. The number of aromatic nitrogens is 2. The van der Waals surface area contributed by atoms with Gasteiger partial charge in [0, 0.05) is 36.8 Å². The number of benzene rings is 2. The molecule has 0 spiro atoms. The lowest BCUT2D eigenvalue weighted by atomic mass is 9.97. The monoisotopic (exact) mass is 450 g/mol. The maximum Gasteiger partial charge on any atom is 0.225 e. The summed E-state index contributed by atoms with van der Waals surface area (Å²) < 4.78 is 23.8. The SMILES string of the molecule is COc1ccc(CNC(=O)C2CCCN(c3ccc(-c4ccc(F)cc4)nn3)C2)c(OC)c1. The minimum absolute atomic E-state index is 0.00784. The number of nitrogens with one attached hydrogen (secondary N) is 1. The fourth-order valence-corrected chi connectivity index (χ4v) is 3.99. The van der Waals surface area contributed by atoms with Gasteiger partial charge in [-0.1, -0.05) is 0 Å². The molecule has 2 heterocycles. The highest BCUT2D eigenvalue weighted by Gasteiger charge is 2.27. The topological polar surface area (TPSA) is 76.6 Å². The molecule has 0 aliphatic carbocycles. The molecule has 0 radical (unpaired) electrons. The van der Waals surface area contributed by atoms with Crippen molar-refractivity contribution in [1.82, 2.24) is 15.5 Å². The summed E-state index contributed by atoms with van der Waals surface area (Å²) in [4.78, 5) is 15.0. The molecule has 0 saturated carbocycles. The van der Waals surface area contributed by atoms with Gasteiger partial charge in [-0.25, -0.2) is 4.39 Å². The van der Waals surface area contributed by atoms with Crippen molar-refractivity contribution in [2.24, 2.45) is 5.92 Å². The number of carbonyl (C=O) groups excluding carboxylic acids is 1. The van der Waals surface area contributed by atoms with Crippen LogP contribution in [0, 0.1) is 11.7 Å². The summed E-state index contributed by atoms with van der Waals surface area (Å²) in [5.41, 5.74) is 2.38. The minimum Gasteiger partial charge on any atom is -0.497 e. The Morgan fingerprint density at radius 3 is 2.61 bits per heavy atom. The zero-order chi connectivity index (χ0) is 23.2. The molecule has 7 nitrogen and oxygen atoms in total. The van der Waals surface area contributed by atoms with E-state index in [1.165, 1.54) is 12.1 Å². The van der Waals surface area contributed by atoms with Crippen molar-refractivity contribution >= 4 is 11.7 Å². The first-order valence-electron chi connectivity index (χ1n) is 10.9. The Labute approximate surface area is 192 Å². The van der Waals surface area contributed by atoms with Crippen LogP contribution >= 0.6 is 0 Å². The summed E-state index contributed by atoms with van der Waals surface area (Å²) >= 11 is 0. The van der Waals surface area contributed by atoms with E-state index in [0.717, 1.165) is 36.3 Å². The summed E-state index contributed by atoms with van der Waals surface area (Å²) in [6.07, 6.45) is 1.72. The maximum absolute atomic E-state index is 13.1. The van der Waals surface area contributed by atoms with E-state index in [1.807, 2.05) is 24.3 Å². The van der Waals surface area contributed by atoms with Crippen molar-refractivity contribution in [2.75, 3.05) is 32.2 Å². The van der Waals surface area contributed by atoms with Crippen molar-refractivity contribution in [3.8, 4) is 22.8 Å². The standard InChI is InChI=1S/C25H27FN4O3/c1-32-21-10-7-18(23(14-21)33-2)15-27-25(31)19-4-3-13-30(16-19)24-12-11-22(28-29-24)17-5-8-20(26)9-6-17/h5-12,14,19H,3-4,13,15-16H2,1-2H3,(H,27,31). The number of methoxy groups -OCH3 is 2. The maximum atomic E-state index is 13.1. The first kappa shape index (κ1) is 22.5. The Kier molecular flexibility index (Phi) is 7.02. The Balaban J connectivity index is 1.37. The van der Waals surface area contributed by atoms with E-state index in [2.05, 4.69) is 20.4 Å². The average molecular weight is 451 g/mol. The molecule has 3 aromatic rings. The molecule has 1 amide bonds. The highest BCUT2D eigenvalue weighted by molar-refractivity contribution is 5.79. The van der Waals surface area contributed by atoms with Crippen molar-refractivity contribution in [2.45, 2.75) is 19.4 Å². The molecule has 1 saturated heterocycles. The first-order chi connectivity index (χ1) is 16.1. The second-order valence-corrected chi connectivity index (χ2v) is 7.96. The Hall–Kier alpha value is -3.68. The normalized spacial score (nSPS) is 15.7. The Morgan fingerprint density at radius 1 is 1.09 bits per heavy atom. The molecular formula is C25H27FN4O3. The van der Waals surface area contributed by atoms with Gasteiger partial charge in [-0.3, -0.25) is 4.79 Å². The van der Waals surface area contributed by atoms with Crippen LogP contribution in [0.3, 0.4) is 0 Å². The van der Waals surface area contributed by atoms with Crippen LogP contribution in [0.5, 0.6) is 11.5 Å². The molecule has 33 heavy (non-hydrogen) atoms. The number of nitrogens with zero attached hydrogens (tertiary/aromatic N) is 3. The molecule has 1 atom stereocenters. The lowest BCUT2D eigenvalue weighted by Gasteiger charge is -2.32. The number of ether oxygens (including phenoxy) is 2. The van der Waals surface area contributed by atoms with Crippen molar-refractivity contribution in [1.29, 1.82) is 0 Å². The second kappa shape index (κ2) is 10.3. The summed E-state index contributed by atoms with van der Waals surface area (Å²) in [7, 11) is 3.20. The number of piperidine rings is 1. The van der Waals surface area contributed by atoms with Crippen molar-refractivity contribution in [3.05, 3.63) is 66.0 Å². The van der Waals surface area contributed by atoms with Gasteiger partial charge in [0.1, 0.15) is 17.3 Å². The largest absolute Gasteiger partial charge is 0.497 e. The van der Waals surface area contributed by atoms with E-state index < -0.39 is 0 Å². The number of carbonyl (C=O) groups is 1. The van der Waals surface area contributed by atoms with E-state index in [9.17, 15) is 9.18 Å². The van der Waals surface area contributed by atoms with Crippen LogP contribution in [0.15, 0.2) is 54.6 Å². The number of amides is 1. The smallest absolute Gasteiger partial charge is 0.225 e. The van der Waals surface area contributed by atoms with Gasteiger partial charge in [0.25, 0.3) is 0 Å². The van der Waals surface area contributed by atoms with Crippen LogP contribution in [0.25, 0.3) is 11.3 Å². The fourth-order valence-electron chi connectivity index (χ4n) is 3.99. The first-order valence-corrected chi connectivity index (χ1v) is 10.9. The summed E-state index contributed by atoms with van der Waals surface area (Å²) in [6.45, 7) is 1.78. The minimum atomic E-state index is -0.286. The second-order valence-electron chi connectivity index (χ2n) is 7.96. The molecule has 1 unspecified atom stereocenters. The third-order valence-corrected chi connectivity index (χ3v) is 5.85. The number of halogens is 1. The highest BCUT2D eigenvalue weighted by atomic mass is 19.1. The van der Waals surface area contributed by atoms with Crippen LogP contribution in [0.1, 0.15) is 18.4 Å². The van der Waals surface area contributed by atoms with Gasteiger partial charge in [0.15, 0.2) is 5.82 Å². The lowest BCUT2D eigenvalue weighted by Crippen LogP contribution is -2.43. The Bertz CT molecular complexity index is 1090. The van der Waals surface area contributed by atoms with Crippen LogP contribution < -0.4 is 19.7 Å². The quantitative estimate of drug-likeness (QED) is 0.590. The zero-order valence-electron chi connectivity index (χ0n) is 18.8. The Morgan fingerprint density at radius 2 is 1.91 bits per heavy atom. The number of hydrogen-bond acceptors (Lipinski definition) is 6. The molecule has 0 bridgehead atoms. The molecule has 2 aromatic carbocycles. The summed E-state index contributed by atoms with van der Waals surface area (Å²) in [5.74, 6) is 1.70. The summed E-state index contributed by atoms with van der Waals surface area (Å²) in [5, 5.41) is 11.7. The van der Waals surface area contributed by atoms with Gasteiger partial charge < -0.3 is 19.7 Å². The van der Waals surface area contributed by atoms with Crippen LogP contribution in [0.4, 0.5) is 10.2 Å². The number of anilines is 1. The van der Waals surface area contributed by atoms with E-state index in [-0.39, 0.29) is 17.6 Å². The van der Waals surface area contributed by atoms with Gasteiger partial charge in [0.2, 0.25) is 5.91 Å². The van der Waals surface area contributed by atoms with Crippen LogP contribution in [0.2, 0.25) is 0 Å².